The van der Waals surface area contributed by atoms with Crippen LogP contribution in [-0.4, -0.2) is 48.9 Å². The third kappa shape index (κ3) is 4.21. The molecule has 1 aromatic rings. The van der Waals surface area contributed by atoms with Crippen molar-refractivity contribution in [1.29, 1.82) is 0 Å². The van der Waals surface area contributed by atoms with Crippen LogP contribution < -0.4 is 5.73 Å². The molecular weight excluding hydrogens is 245 g/mol. The molecule has 0 bridgehead atoms. The van der Waals surface area contributed by atoms with Crippen LogP contribution in [0.3, 0.4) is 0 Å². The van der Waals surface area contributed by atoms with Gasteiger partial charge in [-0.1, -0.05) is 0 Å². The number of nitrogens with zero attached hydrogens (tertiary/aromatic N) is 2. The van der Waals surface area contributed by atoms with Crippen LogP contribution in [0.4, 0.5) is 10.1 Å². The highest BCUT2D eigenvalue weighted by Crippen LogP contribution is 2.14. The number of carbonyl (C=O) groups excluding carboxylic acids is 1. The fourth-order valence-corrected chi connectivity index (χ4v) is 2.18. The maximum Gasteiger partial charge on any atom is 0.254 e. The molecule has 0 spiro atoms. The molecule has 4 nitrogen and oxygen atoms in total. The van der Waals surface area contributed by atoms with E-state index in [1.54, 1.807) is 4.90 Å². The number of halogens is 1. The molecular formula is C14H22FN3O. The van der Waals surface area contributed by atoms with Gasteiger partial charge in [0.1, 0.15) is 5.82 Å². The van der Waals surface area contributed by atoms with E-state index in [9.17, 15) is 9.18 Å². The zero-order valence-electron chi connectivity index (χ0n) is 12.0. The zero-order valence-corrected chi connectivity index (χ0v) is 12.0. The molecule has 0 aliphatic rings. The van der Waals surface area contributed by atoms with Crippen LogP contribution in [0.2, 0.25) is 0 Å². The molecule has 1 rings (SSSR count). The van der Waals surface area contributed by atoms with Crippen LogP contribution in [0.5, 0.6) is 0 Å². The first kappa shape index (κ1) is 15.4. The Morgan fingerprint density at radius 1 is 1.37 bits per heavy atom. The minimum Gasteiger partial charge on any atom is -0.399 e. The lowest BCUT2D eigenvalue weighted by Crippen LogP contribution is -2.43. The van der Waals surface area contributed by atoms with Crippen LogP contribution in [0.15, 0.2) is 18.2 Å². The summed E-state index contributed by atoms with van der Waals surface area (Å²) in [6.45, 7) is 5.21. The molecule has 1 unspecified atom stereocenters. The summed E-state index contributed by atoms with van der Waals surface area (Å²) in [5.74, 6) is -0.678. The smallest absolute Gasteiger partial charge is 0.254 e. The van der Waals surface area contributed by atoms with Crippen LogP contribution in [0.25, 0.3) is 0 Å². The van der Waals surface area contributed by atoms with Gasteiger partial charge in [-0.3, -0.25) is 4.79 Å². The van der Waals surface area contributed by atoms with Crippen molar-refractivity contribution < 1.29 is 9.18 Å². The molecule has 19 heavy (non-hydrogen) atoms. The van der Waals surface area contributed by atoms with Crippen LogP contribution in [0, 0.1) is 5.82 Å². The van der Waals surface area contributed by atoms with Gasteiger partial charge in [0, 0.05) is 30.4 Å². The Labute approximate surface area is 114 Å². The second-order valence-corrected chi connectivity index (χ2v) is 4.98. The SMILES string of the molecule is CCN(C(=O)c1cc(N)cc(F)c1)C(C)CN(C)C. The van der Waals surface area contributed by atoms with E-state index in [2.05, 4.69) is 0 Å². The molecule has 0 heterocycles. The number of hydrogen-bond acceptors (Lipinski definition) is 3. The summed E-state index contributed by atoms with van der Waals surface area (Å²) in [6.07, 6.45) is 0. The summed E-state index contributed by atoms with van der Waals surface area (Å²) in [5, 5.41) is 0. The molecule has 0 saturated heterocycles. The van der Waals surface area contributed by atoms with Gasteiger partial charge in [-0.2, -0.15) is 0 Å². The molecule has 0 aromatic heterocycles. The van der Waals surface area contributed by atoms with Gasteiger partial charge in [0.25, 0.3) is 5.91 Å². The number of amides is 1. The Morgan fingerprint density at radius 3 is 2.47 bits per heavy atom. The third-order valence-corrected chi connectivity index (χ3v) is 2.93. The summed E-state index contributed by atoms with van der Waals surface area (Å²) in [6, 6.07) is 3.99. The van der Waals surface area contributed by atoms with Gasteiger partial charge < -0.3 is 15.5 Å². The number of nitrogens with two attached hydrogens (primary N) is 1. The Hall–Kier alpha value is -1.62. The lowest BCUT2D eigenvalue weighted by atomic mass is 10.1. The molecule has 0 aliphatic carbocycles. The number of carbonyl (C=O) groups is 1. The molecule has 1 atom stereocenters. The second kappa shape index (κ2) is 6.52. The molecule has 2 N–H and O–H groups in total. The Bertz CT molecular complexity index is 428. The first-order chi connectivity index (χ1) is 8.85. The van der Waals surface area contributed by atoms with Crippen molar-refractivity contribution in [3.05, 3.63) is 29.6 Å². The van der Waals surface area contributed by atoms with Crippen molar-refractivity contribution >= 4 is 11.6 Å². The lowest BCUT2D eigenvalue weighted by molar-refractivity contribution is 0.0678. The highest BCUT2D eigenvalue weighted by atomic mass is 19.1. The van der Waals surface area contributed by atoms with Gasteiger partial charge in [0.15, 0.2) is 0 Å². The average molecular weight is 267 g/mol. The monoisotopic (exact) mass is 267 g/mol. The van der Waals surface area contributed by atoms with Crippen LogP contribution in [-0.2, 0) is 0 Å². The summed E-state index contributed by atoms with van der Waals surface area (Å²) in [7, 11) is 3.91. The van der Waals surface area contributed by atoms with Crippen molar-refractivity contribution in [3.8, 4) is 0 Å². The van der Waals surface area contributed by atoms with E-state index in [-0.39, 0.29) is 17.6 Å². The van der Waals surface area contributed by atoms with Crippen molar-refractivity contribution in [2.75, 3.05) is 32.9 Å². The summed E-state index contributed by atoms with van der Waals surface area (Å²) < 4.78 is 13.3. The number of anilines is 1. The second-order valence-electron chi connectivity index (χ2n) is 4.98. The first-order valence-corrected chi connectivity index (χ1v) is 6.37. The van der Waals surface area contributed by atoms with Gasteiger partial charge >= 0.3 is 0 Å². The highest BCUT2D eigenvalue weighted by molar-refractivity contribution is 5.95. The lowest BCUT2D eigenvalue weighted by Gasteiger charge is -2.30. The van der Waals surface area contributed by atoms with Crippen molar-refractivity contribution in [2.24, 2.45) is 0 Å². The van der Waals surface area contributed by atoms with Crippen molar-refractivity contribution in [3.63, 3.8) is 0 Å². The minimum absolute atomic E-state index is 0.0528. The largest absolute Gasteiger partial charge is 0.399 e. The van der Waals surface area contributed by atoms with Gasteiger partial charge in [-0.05, 0) is 46.1 Å². The van der Waals surface area contributed by atoms with E-state index in [0.29, 0.717) is 12.1 Å². The zero-order chi connectivity index (χ0) is 14.6. The molecule has 1 aromatic carbocycles. The number of rotatable bonds is 5. The number of hydrogen-bond donors (Lipinski definition) is 1. The van der Waals surface area contributed by atoms with E-state index < -0.39 is 5.82 Å². The highest BCUT2D eigenvalue weighted by Gasteiger charge is 2.21. The molecule has 0 saturated carbocycles. The Kier molecular flexibility index (Phi) is 5.30. The summed E-state index contributed by atoms with van der Waals surface area (Å²) in [5.41, 5.74) is 6.14. The fraction of sp³-hybridized carbons (Fsp3) is 0.500. The maximum absolute atomic E-state index is 13.3. The molecule has 0 fully saturated rings. The topological polar surface area (TPSA) is 49.6 Å². The van der Waals surface area contributed by atoms with E-state index in [1.807, 2.05) is 32.8 Å². The fourth-order valence-electron chi connectivity index (χ4n) is 2.18. The van der Waals surface area contributed by atoms with Gasteiger partial charge in [0.2, 0.25) is 0 Å². The predicted molar refractivity (Wildman–Crippen MR) is 75.5 cm³/mol. The normalized spacial score (nSPS) is 12.5. The molecule has 0 radical (unpaired) electrons. The molecule has 106 valence electrons. The standard InChI is InChI=1S/C14H22FN3O/c1-5-18(10(2)9-17(3)4)14(19)11-6-12(15)8-13(16)7-11/h6-8,10H,5,9,16H2,1-4H3. The Morgan fingerprint density at radius 2 is 2.00 bits per heavy atom. The maximum atomic E-state index is 13.3. The molecule has 0 aliphatic heterocycles. The van der Waals surface area contributed by atoms with Crippen LogP contribution >= 0.6 is 0 Å². The minimum atomic E-state index is -0.486. The number of likely N-dealkylation sites (N-methyl/N-ethyl adjacent to an activating group) is 2. The quantitative estimate of drug-likeness (QED) is 0.828. The van der Waals surface area contributed by atoms with Gasteiger partial charge in [-0.25, -0.2) is 4.39 Å². The van der Waals surface area contributed by atoms with Gasteiger partial charge in [0.05, 0.1) is 0 Å². The van der Waals surface area contributed by atoms with E-state index in [4.69, 9.17) is 5.73 Å². The predicted octanol–water partition coefficient (Wildman–Crippen LogP) is 1.82. The average Bonchev–Trinajstić information content (AvgIpc) is 2.27. The van der Waals surface area contributed by atoms with E-state index in [1.165, 1.54) is 18.2 Å². The summed E-state index contributed by atoms with van der Waals surface area (Å²) in [4.78, 5) is 16.1. The van der Waals surface area contributed by atoms with Crippen molar-refractivity contribution in [2.45, 2.75) is 19.9 Å². The Balaban J connectivity index is 2.94. The van der Waals surface area contributed by atoms with Crippen LogP contribution in [0.1, 0.15) is 24.2 Å². The third-order valence-electron chi connectivity index (χ3n) is 2.93. The van der Waals surface area contributed by atoms with E-state index in [0.717, 1.165) is 6.54 Å². The first-order valence-electron chi connectivity index (χ1n) is 6.37. The van der Waals surface area contributed by atoms with Gasteiger partial charge in [-0.15, -0.1) is 0 Å². The van der Waals surface area contributed by atoms with Crippen molar-refractivity contribution in [1.82, 2.24) is 9.80 Å². The molecule has 5 heteroatoms. The van der Waals surface area contributed by atoms with E-state index >= 15 is 0 Å². The number of benzene rings is 1. The number of nitrogen functional groups attached to an aromatic ring is 1. The summed E-state index contributed by atoms with van der Waals surface area (Å²) >= 11 is 0. The molecule has 1 amide bonds.